The fraction of sp³-hybridized carbons (Fsp3) is 0.200. The van der Waals surface area contributed by atoms with Crippen molar-refractivity contribution >= 4 is 33.5 Å². The van der Waals surface area contributed by atoms with Gasteiger partial charge in [0, 0.05) is 24.3 Å². The van der Waals surface area contributed by atoms with Gasteiger partial charge in [-0.1, -0.05) is 30.3 Å². The summed E-state index contributed by atoms with van der Waals surface area (Å²) >= 11 is 0. The number of carbonyl (C=O) groups excluding carboxylic acids is 1. The number of para-hydroxylation sites is 2. The molecule has 9 heteroatoms. The molecule has 0 fully saturated rings. The van der Waals surface area contributed by atoms with Crippen LogP contribution in [-0.2, 0) is 10.0 Å². The molecule has 3 aromatic carbocycles. The van der Waals surface area contributed by atoms with Crippen LogP contribution in [0.2, 0.25) is 0 Å². The van der Waals surface area contributed by atoms with E-state index in [1.807, 2.05) is 24.3 Å². The molecule has 2 N–H and O–H groups in total. The van der Waals surface area contributed by atoms with Crippen molar-refractivity contribution in [2.24, 2.45) is 5.10 Å². The zero-order valence-corrected chi connectivity index (χ0v) is 20.2. The largest absolute Gasteiger partial charge is 0.495 e. The normalized spacial score (nSPS) is 11.3. The number of benzene rings is 3. The second-order valence-electron chi connectivity index (χ2n) is 7.30. The number of nitrogens with zero attached hydrogens (tertiary/aromatic N) is 2. The van der Waals surface area contributed by atoms with E-state index < -0.39 is 15.9 Å². The summed E-state index contributed by atoms with van der Waals surface area (Å²) in [7, 11) is -2.48. The summed E-state index contributed by atoms with van der Waals surface area (Å²) in [6.07, 6.45) is 1.54. The van der Waals surface area contributed by atoms with Crippen LogP contribution in [0.15, 0.2) is 82.8 Å². The lowest BCUT2D eigenvalue weighted by Crippen LogP contribution is -2.21. The van der Waals surface area contributed by atoms with Gasteiger partial charge in [0.2, 0.25) is 0 Å². The zero-order chi connectivity index (χ0) is 24.6. The molecule has 0 spiro atoms. The molecule has 0 atom stereocenters. The molecule has 0 aliphatic heterocycles. The van der Waals surface area contributed by atoms with E-state index in [0.717, 1.165) is 24.3 Å². The van der Waals surface area contributed by atoms with Crippen LogP contribution >= 0.6 is 0 Å². The van der Waals surface area contributed by atoms with E-state index in [2.05, 4.69) is 34.0 Å². The van der Waals surface area contributed by atoms with Crippen LogP contribution in [0.5, 0.6) is 5.75 Å². The second-order valence-corrected chi connectivity index (χ2v) is 8.98. The highest BCUT2D eigenvalue weighted by Gasteiger charge is 2.18. The molecule has 0 unspecified atom stereocenters. The molecule has 1 amide bonds. The SMILES string of the molecule is CCN(CC)c1ccc(/C=N\NC(=O)c2cccc(S(=O)(=O)Nc3ccccc3OC)c2)cc1. The summed E-state index contributed by atoms with van der Waals surface area (Å²) in [6.45, 7) is 6.04. The summed E-state index contributed by atoms with van der Waals surface area (Å²) in [5, 5.41) is 4.00. The van der Waals surface area contributed by atoms with E-state index in [9.17, 15) is 13.2 Å². The highest BCUT2D eigenvalue weighted by molar-refractivity contribution is 7.92. The Morgan fingerprint density at radius 3 is 2.38 bits per heavy atom. The Balaban J connectivity index is 1.68. The minimum absolute atomic E-state index is 0.0537. The predicted octanol–water partition coefficient (Wildman–Crippen LogP) is 4.11. The monoisotopic (exact) mass is 480 g/mol. The Morgan fingerprint density at radius 2 is 1.71 bits per heavy atom. The molecular weight excluding hydrogens is 452 g/mol. The molecule has 0 aliphatic rings. The summed E-state index contributed by atoms with van der Waals surface area (Å²) in [4.78, 5) is 14.7. The minimum atomic E-state index is -3.93. The topological polar surface area (TPSA) is 100 Å². The molecule has 0 radical (unpaired) electrons. The maximum atomic E-state index is 12.8. The summed E-state index contributed by atoms with van der Waals surface area (Å²) < 4.78 is 33.3. The van der Waals surface area contributed by atoms with Crippen molar-refractivity contribution in [2.75, 3.05) is 29.8 Å². The van der Waals surface area contributed by atoms with Gasteiger partial charge in [0.05, 0.1) is 23.9 Å². The number of hydrogen-bond donors (Lipinski definition) is 2. The lowest BCUT2D eigenvalue weighted by molar-refractivity contribution is 0.0955. The quantitative estimate of drug-likeness (QED) is 0.336. The first-order chi connectivity index (χ1) is 16.4. The number of rotatable bonds is 10. The Hall–Kier alpha value is -3.85. The number of hydrogen-bond acceptors (Lipinski definition) is 6. The first kappa shape index (κ1) is 24.8. The molecule has 8 nitrogen and oxygen atoms in total. The number of amides is 1. The van der Waals surface area contributed by atoms with Crippen molar-refractivity contribution < 1.29 is 17.9 Å². The second kappa shape index (κ2) is 11.3. The third kappa shape index (κ3) is 6.14. The van der Waals surface area contributed by atoms with Crippen molar-refractivity contribution in [2.45, 2.75) is 18.7 Å². The van der Waals surface area contributed by atoms with Gasteiger partial charge in [0.15, 0.2) is 0 Å². The number of methoxy groups -OCH3 is 1. The van der Waals surface area contributed by atoms with E-state index in [4.69, 9.17) is 4.74 Å². The van der Waals surface area contributed by atoms with E-state index in [-0.39, 0.29) is 10.5 Å². The van der Waals surface area contributed by atoms with Gasteiger partial charge < -0.3 is 9.64 Å². The molecule has 0 aromatic heterocycles. The molecule has 3 aromatic rings. The van der Waals surface area contributed by atoms with Crippen LogP contribution in [0.1, 0.15) is 29.8 Å². The molecule has 0 bridgehead atoms. The van der Waals surface area contributed by atoms with Crippen molar-refractivity contribution in [1.29, 1.82) is 0 Å². The van der Waals surface area contributed by atoms with Gasteiger partial charge >= 0.3 is 0 Å². The number of hydrazone groups is 1. The van der Waals surface area contributed by atoms with Gasteiger partial charge in [-0.25, -0.2) is 13.8 Å². The fourth-order valence-electron chi connectivity index (χ4n) is 3.33. The lowest BCUT2D eigenvalue weighted by Gasteiger charge is -2.20. The fourth-order valence-corrected chi connectivity index (χ4v) is 4.44. The highest BCUT2D eigenvalue weighted by Crippen LogP contribution is 2.26. The summed E-state index contributed by atoms with van der Waals surface area (Å²) in [5.41, 5.74) is 4.85. The molecular formula is C25H28N4O4S. The third-order valence-electron chi connectivity index (χ3n) is 5.16. The third-order valence-corrected chi connectivity index (χ3v) is 6.52. The number of nitrogens with one attached hydrogen (secondary N) is 2. The van der Waals surface area contributed by atoms with Crippen LogP contribution in [0.25, 0.3) is 0 Å². The van der Waals surface area contributed by atoms with Gasteiger partial charge in [-0.3, -0.25) is 9.52 Å². The highest BCUT2D eigenvalue weighted by atomic mass is 32.2. The van der Waals surface area contributed by atoms with Gasteiger partial charge in [-0.2, -0.15) is 5.10 Å². The van der Waals surface area contributed by atoms with E-state index in [0.29, 0.717) is 11.4 Å². The Morgan fingerprint density at radius 1 is 1.00 bits per heavy atom. The van der Waals surface area contributed by atoms with Gasteiger partial charge in [0.1, 0.15) is 5.75 Å². The number of ether oxygens (including phenoxy) is 1. The van der Waals surface area contributed by atoms with Gasteiger partial charge in [-0.15, -0.1) is 0 Å². The molecule has 34 heavy (non-hydrogen) atoms. The molecule has 0 heterocycles. The lowest BCUT2D eigenvalue weighted by atomic mass is 10.2. The molecule has 0 saturated heterocycles. The average molecular weight is 481 g/mol. The zero-order valence-electron chi connectivity index (χ0n) is 19.4. The van der Waals surface area contributed by atoms with Crippen molar-refractivity contribution in [3.8, 4) is 5.75 Å². The van der Waals surface area contributed by atoms with Crippen molar-refractivity contribution in [3.63, 3.8) is 0 Å². The Kier molecular flexibility index (Phi) is 8.26. The van der Waals surface area contributed by atoms with Crippen LogP contribution in [-0.4, -0.2) is 40.7 Å². The van der Waals surface area contributed by atoms with Gasteiger partial charge in [0.25, 0.3) is 15.9 Å². The Labute approximate surface area is 200 Å². The Bertz CT molecular complexity index is 1250. The van der Waals surface area contributed by atoms with Crippen LogP contribution in [0, 0.1) is 0 Å². The molecule has 3 rings (SSSR count). The standard InChI is InChI=1S/C25H28N4O4S/c1-4-29(5-2)21-15-13-19(14-16-21)18-26-27-25(30)20-9-8-10-22(17-20)34(31,32)28-23-11-6-7-12-24(23)33-3/h6-18,28H,4-5H2,1-3H3,(H,27,30)/b26-18-. The van der Waals surface area contributed by atoms with E-state index in [1.54, 1.807) is 24.3 Å². The van der Waals surface area contributed by atoms with Crippen molar-refractivity contribution in [1.82, 2.24) is 5.43 Å². The summed E-state index contributed by atoms with van der Waals surface area (Å²) in [6, 6.07) is 20.2. The minimum Gasteiger partial charge on any atom is -0.495 e. The van der Waals surface area contributed by atoms with Crippen molar-refractivity contribution in [3.05, 3.63) is 83.9 Å². The first-order valence-electron chi connectivity index (χ1n) is 10.8. The van der Waals surface area contributed by atoms with E-state index >= 15 is 0 Å². The number of carbonyl (C=O) groups is 1. The first-order valence-corrected chi connectivity index (χ1v) is 12.3. The predicted molar refractivity (Wildman–Crippen MR) is 135 cm³/mol. The van der Waals surface area contributed by atoms with Crippen LogP contribution in [0.3, 0.4) is 0 Å². The number of sulfonamides is 1. The average Bonchev–Trinajstić information content (AvgIpc) is 2.86. The molecule has 0 saturated carbocycles. The van der Waals surface area contributed by atoms with Crippen LogP contribution in [0.4, 0.5) is 11.4 Å². The van der Waals surface area contributed by atoms with Gasteiger partial charge in [-0.05, 0) is 61.9 Å². The summed E-state index contributed by atoms with van der Waals surface area (Å²) in [5.74, 6) is -0.134. The smallest absolute Gasteiger partial charge is 0.271 e. The number of anilines is 2. The van der Waals surface area contributed by atoms with Crippen LogP contribution < -0.4 is 19.8 Å². The maximum Gasteiger partial charge on any atom is 0.271 e. The van der Waals surface area contributed by atoms with E-state index in [1.165, 1.54) is 37.6 Å². The molecule has 178 valence electrons. The molecule has 0 aliphatic carbocycles. The maximum absolute atomic E-state index is 12.8.